The molecule has 0 saturated heterocycles. The first kappa shape index (κ1) is 20.3. The van der Waals surface area contributed by atoms with E-state index in [1.54, 1.807) is 56.2 Å². The van der Waals surface area contributed by atoms with Crippen molar-refractivity contribution >= 4 is 11.7 Å². The molecule has 9 nitrogen and oxygen atoms in total. The molecule has 0 aliphatic carbocycles. The lowest BCUT2D eigenvalue weighted by atomic mass is 10.0. The van der Waals surface area contributed by atoms with Gasteiger partial charge in [0.15, 0.2) is 5.82 Å². The van der Waals surface area contributed by atoms with Crippen LogP contribution in [0.25, 0.3) is 22.6 Å². The molecule has 4 heterocycles. The Morgan fingerprint density at radius 1 is 1.23 bits per heavy atom. The summed E-state index contributed by atoms with van der Waals surface area (Å²) in [5, 5.41) is 10.8. The maximum atomic E-state index is 13.0. The summed E-state index contributed by atoms with van der Waals surface area (Å²) < 4.78 is 8.49. The number of furan rings is 1. The molecule has 0 spiro atoms. The van der Waals surface area contributed by atoms with E-state index < -0.39 is 11.5 Å². The molecule has 0 aromatic carbocycles. The monoisotopic (exact) mass is 418 g/mol. The fourth-order valence-electron chi connectivity index (χ4n) is 3.31. The van der Waals surface area contributed by atoms with Gasteiger partial charge in [-0.05, 0) is 45.0 Å². The van der Waals surface area contributed by atoms with Crippen LogP contribution in [0.5, 0.6) is 0 Å². The van der Waals surface area contributed by atoms with Crippen molar-refractivity contribution in [3.05, 3.63) is 70.8 Å². The van der Waals surface area contributed by atoms with Crippen molar-refractivity contribution in [3.8, 4) is 22.6 Å². The fraction of sp³-hybridized carbons (Fsp3) is 0.227. The summed E-state index contributed by atoms with van der Waals surface area (Å²) in [6.45, 7) is 5.85. The van der Waals surface area contributed by atoms with Gasteiger partial charge in [-0.15, -0.1) is 10.2 Å². The zero-order valence-corrected chi connectivity index (χ0v) is 17.7. The van der Waals surface area contributed by atoms with Crippen LogP contribution in [0.2, 0.25) is 0 Å². The van der Waals surface area contributed by atoms with Gasteiger partial charge in [0.05, 0.1) is 12.5 Å². The first-order chi connectivity index (χ1) is 14.9. The Bertz CT molecular complexity index is 1300. The molecule has 31 heavy (non-hydrogen) atoms. The predicted octanol–water partition coefficient (Wildman–Crippen LogP) is 3.44. The molecule has 0 aliphatic rings. The number of rotatable bonds is 5. The number of aromatic nitrogens is 5. The van der Waals surface area contributed by atoms with Crippen LogP contribution in [0.1, 0.15) is 35.9 Å². The number of hydrogen-bond donors (Lipinski definition) is 1. The maximum absolute atomic E-state index is 13.0. The minimum Gasteiger partial charge on any atom is -0.472 e. The van der Waals surface area contributed by atoms with Gasteiger partial charge in [-0.3, -0.25) is 9.59 Å². The quantitative estimate of drug-likeness (QED) is 0.532. The average molecular weight is 418 g/mol. The number of carbonyl (C=O) groups excluding carboxylic acids is 1. The molecule has 1 amide bonds. The largest absolute Gasteiger partial charge is 0.472 e. The van der Waals surface area contributed by atoms with Gasteiger partial charge in [0, 0.05) is 29.9 Å². The predicted molar refractivity (Wildman–Crippen MR) is 116 cm³/mol. The molecular formula is C22H22N6O3. The smallest absolute Gasteiger partial charge is 0.263 e. The second-order valence-electron chi connectivity index (χ2n) is 7.45. The molecule has 9 heteroatoms. The Hall–Kier alpha value is -4.01. The van der Waals surface area contributed by atoms with Gasteiger partial charge in [0.25, 0.3) is 11.5 Å². The van der Waals surface area contributed by atoms with Gasteiger partial charge in [0.1, 0.15) is 23.4 Å². The third-order valence-electron chi connectivity index (χ3n) is 5.14. The van der Waals surface area contributed by atoms with Crippen LogP contribution in [-0.2, 0) is 7.05 Å². The molecule has 0 aliphatic heterocycles. The lowest BCUT2D eigenvalue weighted by molar-refractivity contribution is 0.102. The summed E-state index contributed by atoms with van der Waals surface area (Å²) in [5.74, 6) is 0.369. The molecule has 4 aromatic rings. The molecule has 158 valence electrons. The van der Waals surface area contributed by atoms with Gasteiger partial charge >= 0.3 is 0 Å². The van der Waals surface area contributed by atoms with Gasteiger partial charge in [0.2, 0.25) is 0 Å². The van der Waals surface area contributed by atoms with E-state index in [-0.39, 0.29) is 11.6 Å². The highest BCUT2D eigenvalue weighted by molar-refractivity contribution is 6.04. The number of pyridine rings is 2. The van der Waals surface area contributed by atoms with Crippen LogP contribution in [0, 0.1) is 6.92 Å². The SMILES string of the molecule is Cc1c(-c2ccoc2)cc(C(=O)Nc2cccc(-c3nncn3C(C)C)n2)c(=O)n1C. The summed E-state index contributed by atoms with van der Waals surface area (Å²) >= 11 is 0. The summed E-state index contributed by atoms with van der Waals surface area (Å²) in [4.78, 5) is 30.2. The Labute approximate surface area is 178 Å². The van der Waals surface area contributed by atoms with E-state index >= 15 is 0 Å². The summed E-state index contributed by atoms with van der Waals surface area (Å²) in [6, 6.07) is 8.73. The second kappa shape index (κ2) is 8.02. The maximum Gasteiger partial charge on any atom is 0.263 e. The molecule has 0 bridgehead atoms. The highest BCUT2D eigenvalue weighted by Crippen LogP contribution is 2.24. The van der Waals surface area contributed by atoms with Crippen molar-refractivity contribution in [2.45, 2.75) is 26.8 Å². The zero-order chi connectivity index (χ0) is 22.1. The molecule has 4 rings (SSSR count). The van der Waals surface area contributed by atoms with Crippen LogP contribution >= 0.6 is 0 Å². The van der Waals surface area contributed by atoms with Crippen molar-refractivity contribution in [2.24, 2.45) is 7.05 Å². The number of carbonyl (C=O) groups is 1. The number of nitrogens with zero attached hydrogens (tertiary/aromatic N) is 5. The van der Waals surface area contributed by atoms with Gasteiger partial charge in [-0.25, -0.2) is 4.98 Å². The van der Waals surface area contributed by atoms with E-state index in [1.807, 2.05) is 25.3 Å². The van der Waals surface area contributed by atoms with Crippen molar-refractivity contribution in [1.29, 1.82) is 0 Å². The molecule has 0 atom stereocenters. The Kier molecular flexibility index (Phi) is 5.24. The first-order valence-corrected chi connectivity index (χ1v) is 9.78. The van der Waals surface area contributed by atoms with Crippen molar-refractivity contribution in [2.75, 3.05) is 5.32 Å². The summed E-state index contributed by atoms with van der Waals surface area (Å²) in [5.41, 5.74) is 2.46. The van der Waals surface area contributed by atoms with E-state index in [1.165, 1.54) is 4.57 Å². The molecule has 0 saturated carbocycles. The topological polar surface area (TPSA) is 108 Å². The Morgan fingerprint density at radius 3 is 2.74 bits per heavy atom. The molecule has 0 radical (unpaired) electrons. The van der Waals surface area contributed by atoms with Crippen LogP contribution in [-0.4, -0.2) is 30.2 Å². The summed E-state index contributed by atoms with van der Waals surface area (Å²) in [7, 11) is 1.63. The van der Waals surface area contributed by atoms with Gasteiger partial charge in [-0.2, -0.15) is 0 Å². The molecule has 1 N–H and O–H groups in total. The highest BCUT2D eigenvalue weighted by Gasteiger charge is 2.19. The molecule has 0 unspecified atom stereocenters. The van der Waals surface area contributed by atoms with E-state index in [2.05, 4.69) is 20.5 Å². The van der Waals surface area contributed by atoms with Crippen molar-refractivity contribution in [3.63, 3.8) is 0 Å². The zero-order valence-electron chi connectivity index (χ0n) is 17.7. The van der Waals surface area contributed by atoms with Crippen molar-refractivity contribution in [1.82, 2.24) is 24.3 Å². The lowest BCUT2D eigenvalue weighted by Gasteiger charge is -2.13. The minimum atomic E-state index is -0.541. The third-order valence-corrected chi connectivity index (χ3v) is 5.14. The minimum absolute atomic E-state index is 0.0156. The molecule has 0 fully saturated rings. The van der Waals surface area contributed by atoms with E-state index in [0.717, 1.165) is 16.8 Å². The number of nitrogens with one attached hydrogen (secondary N) is 1. The van der Waals surface area contributed by atoms with E-state index in [0.29, 0.717) is 17.3 Å². The number of amides is 1. The standard InChI is InChI=1S/C22H22N6O3/c1-13(2)28-12-23-26-20(28)18-6-5-7-19(24-18)25-21(29)17-10-16(15-8-9-31-11-15)14(3)27(4)22(17)30/h5-13H,1-4H3,(H,24,25,29). The highest BCUT2D eigenvalue weighted by atomic mass is 16.3. The molecule has 4 aromatic heterocycles. The summed E-state index contributed by atoms with van der Waals surface area (Å²) in [6.07, 6.45) is 4.76. The lowest BCUT2D eigenvalue weighted by Crippen LogP contribution is -2.29. The second-order valence-corrected chi connectivity index (χ2v) is 7.45. The normalized spacial score (nSPS) is 11.1. The Balaban J connectivity index is 1.68. The number of hydrogen-bond acceptors (Lipinski definition) is 6. The van der Waals surface area contributed by atoms with Gasteiger partial charge < -0.3 is 18.9 Å². The van der Waals surface area contributed by atoms with Crippen LogP contribution in [0.3, 0.4) is 0 Å². The van der Waals surface area contributed by atoms with Crippen LogP contribution < -0.4 is 10.9 Å². The first-order valence-electron chi connectivity index (χ1n) is 9.78. The van der Waals surface area contributed by atoms with Crippen LogP contribution in [0.15, 0.2) is 58.4 Å². The van der Waals surface area contributed by atoms with E-state index in [4.69, 9.17) is 4.42 Å². The molecular weight excluding hydrogens is 396 g/mol. The fourth-order valence-corrected chi connectivity index (χ4v) is 3.31. The van der Waals surface area contributed by atoms with Crippen LogP contribution in [0.4, 0.5) is 5.82 Å². The van der Waals surface area contributed by atoms with Crippen molar-refractivity contribution < 1.29 is 9.21 Å². The van der Waals surface area contributed by atoms with Gasteiger partial charge in [-0.1, -0.05) is 6.07 Å². The third kappa shape index (κ3) is 3.77. The number of anilines is 1. The average Bonchev–Trinajstić information content (AvgIpc) is 3.44. The van der Waals surface area contributed by atoms with E-state index in [9.17, 15) is 9.59 Å². The Morgan fingerprint density at radius 2 is 2.03 bits per heavy atom.